The van der Waals surface area contributed by atoms with Crippen LogP contribution in [0.3, 0.4) is 0 Å². The Hall–Kier alpha value is -2.18. The lowest BCUT2D eigenvalue weighted by Gasteiger charge is -2.47. The first-order valence-electron chi connectivity index (χ1n) is 11.4. The number of fused-ring (bicyclic) bond motifs is 2. The molecular weight excluding hydrogens is 376 g/mol. The zero-order valence-electron chi connectivity index (χ0n) is 18.0. The third kappa shape index (κ3) is 4.30. The average molecular weight is 411 g/mol. The molecule has 1 aliphatic heterocycles. The monoisotopic (exact) mass is 410 g/mol. The van der Waals surface area contributed by atoms with Crippen LogP contribution >= 0.6 is 0 Å². The summed E-state index contributed by atoms with van der Waals surface area (Å²) in [4.78, 5) is 29.7. The topological polar surface area (TPSA) is 91.2 Å². The van der Waals surface area contributed by atoms with Crippen molar-refractivity contribution in [2.45, 2.75) is 57.4 Å². The van der Waals surface area contributed by atoms with Gasteiger partial charge in [0, 0.05) is 55.0 Å². The Bertz CT molecular complexity index is 906. The predicted molar refractivity (Wildman–Crippen MR) is 119 cm³/mol. The number of aromatic amines is 1. The Kier molecular flexibility index (Phi) is 6.54. The third-order valence-electron chi connectivity index (χ3n) is 6.85. The lowest BCUT2D eigenvalue weighted by atomic mass is 9.72. The van der Waals surface area contributed by atoms with Crippen LogP contribution in [0.25, 0.3) is 10.9 Å². The van der Waals surface area contributed by atoms with E-state index in [-0.39, 0.29) is 18.2 Å². The van der Waals surface area contributed by atoms with Gasteiger partial charge < -0.3 is 16.0 Å². The maximum absolute atomic E-state index is 12.3. The quantitative estimate of drug-likeness (QED) is 0.593. The first-order valence-corrected chi connectivity index (χ1v) is 11.4. The van der Waals surface area contributed by atoms with E-state index >= 15 is 0 Å². The number of rotatable bonds is 9. The molecule has 1 aromatic heterocycles. The van der Waals surface area contributed by atoms with Crippen LogP contribution in [0.4, 0.5) is 0 Å². The van der Waals surface area contributed by atoms with Crippen LogP contribution < -0.4 is 11.1 Å². The van der Waals surface area contributed by atoms with E-state index in [4.69, 9.17) is 5.73 Å². The molecule has 0 radical (unpaired) electrons. The van der Waals surface area contributed by atoms with Crippen LogP contribution in [0.1, 0.15) is 56.1 Å². The van der Waals surface area contributed by atoms with Gasteiger partial charge in [0.2, 0.25) is 5.91 Å². The number of hydrogen-bond donors (Lipinski definition) is 3. The lowest BCUT2D eigenvalue weighted by molar-refractivity contribution is -0.121. The van der Waals surface area contributed by atoms with E-state index in [1.54, 1.807) is 0 Å². The molecule has 0 spiro atoms. The second kappa shape index (κ2) is 9.31. The number of H-pyrrole nitrogens is 1. The number of nitrogens with two attached hydrogens (primary N) is 1. The van der Waals surface area contributed by atoms with E-state index in [9.17, 15) is 9.59 Å². The van der Waals surface area contributed by atoms with Crippen LogP contribution in [-0.2, 0) is 16.0 Å². The number of nitrogens with zero attached hydrogens (tertiary/aromatic N) is 1. The third-order valence-corrected chi connectivity index (χ3v) is 6.85. The van der Waals surface area contributed by atoms with E-state index in [0.29, 0.717) is 43.7 Å². The molecule has 1 amide bonds. The van der Waals surface area contributed by atoms with Gasteiger partial charge in [-0.25, -0.2) is 0 Å². The number of carbonyl (C=O) groups excluding carboxylic acids is 2. The second-order valence-corrected chi connectivity index (χ2v) is 8.96. The summed E-state index contributed by atoms with van der Waals surface area (Å²) in [6.45, 7) is 5.16. The summed E-state index contributed by atoms with van der Waals surface area (Å²) >= 11 is 0. The Morgan fingerprint density at radius 1 is 1.30 bits per heavy atom. The molecule has 2 aromatic rings. The van der Waals surface area contributed by atoms with Crippen LogP contribution in [-0.4, -0.2) is 53.8 Å². The Morgan fingerprint density at radius 3 is 2.97 bits per heavy atom. The van der Waals surface area contributed by atoms with Crippen molar-refractivity contribution < 1.29 is 9.59 Å². The largest absolute Gasteiger partial charge is 0.361 e. The van der Waals surface area contributed by atoms with Crippen molar-refractivity contribution in [2.24, 2.45) is 11.7 Å². The molecule has 1 fully saturated rings. The van der Waals surface area contributed by atoms with E-state index in [1.165, 1.54) is 22.0 Å². The number of amides is 1. The van der Waals surface area contributed by atoms with Crippen LogP contribution in [0.2, 0.25) is 0 Å². The van der Waals surface area contributed by atoms with Crippen molar-refractivity contribution in [2.75, 3.05) is 26.2 Å². The minimum atomic E-state index is 0.0203. The maximum atomic E-state index is 12.3. The fourth-order valence-corrected chi connectivity index (χ4v) is 5.49. The van der Waals surface area contributed by atoms with Crippen LogP contribution in [0, 0.1) is 5.92 Å². The summed E-state index contributed by atoms with van der Waals surface area (Å²) in [6.07, 6.45) is 6.92. The fraction of sp³-hybridized carbons (Fsp3) is 0.583. The van der Waals surface area contributed by atoms with Gasteiger partial charge in [-0.2, -0.15) is 0 Å². The number of likely N-dealkylation sites (tertiary alicyclic amines) is 1. The molecule has 30 heavy (non-hydrogen) atoms. The summed E-state index contributed by atoms with van der Waals surface area (Å²) in [5.41, 5.74) is 9.49. The van der Waals surface area contributed by atoms with Crippen molar-refractivity contribution in [1.29, 1.82) is 0 Å². The predicted octanol–water partition coefficient (Wildman–Crippen LogP) is 2.72. The summed E-state index contributed by atoms with van der Waals surface area (Å²) in [5.74, 6) is 1.03. The Labute approximate surface area is 178 Å². The molecule has 0 saturated carbocycles. The van der Waals surface area contributed by atoms with Gasteiger partial charge in [0.15, 0.2) is 0 Å². The molecular formula is C24H34N4O2. The molecule has 3 atom stereocenters. The van der Waals surface area contributed by atoms with E-state index in [1.807, 2.05) is 0 Å². The molecule has 0 bridgehead atoms. The van der Waals surface area contributed by atoms with E-state index in [2.05, 4.69) is 46.5 Å². The first-order chi connectivity index (χ1) is 14.6. The molecule has 2 heterocycles. The molecule has 4 N–H and O–H groups in total. The van der Waals surface area contributed by atoms with Gasteiger partial charge >= 0.3 is 0 Å². The molecule has 4 rings (SSSR count). The normalized spacial score (nSPS) is 23.3. The number of nitrogens with one attached hydrogen (secondary N) is 2. The van der Waals surface area contributed by atoms with Crippen LogP contribution in [0.15, 0.2) is 24.4 Å². The Morgan fingerprint density at radius 2 is 2.17 bits per heavy atom. The maximum Gasteiger partial charge on any atom is 0.220 e. The lowest BCUT2D eigenvalue weighted by Crippen LogP contribution is -2.52. The van der Waals surface area contributed by atoms with Gasteiger partial charge in [0.1, 0.15) is 5.78 Å². The molecule has 0 unspecified atom stereocenters. The molecule has 1 aromatic carbocycles. The van der Waals surface area contributed by atoms with Crippen molar-refractivity contribution in [3.8, 4) is 0 Å². The van der Waals surface area contributed by atoms with Gasteiger partial charge in [0.25, 0.3) is 0 Å². The molecule has 1 aliphatic carbocycles. The van der Waals surface area contributed by atoms with Crippen molar-refractivity contribution >= 4 is 22.6 Å². The number of piperidine rings is 1. The van der Waals surface area contributed by atoms with Gasteiger partial charge in [0.05, 0.1) is 6.54 Å². The smallest absolute Gasteiger partial charge is 0.220 e. The summed E-state index contributed by atoms with van der Waals surface area (Å²) in [5, 5.41) is 4.55. The molecule has 6 nitrogen and oxygen atoms in total. The zero-order valence-corrected chi connectivity index (χ0v) is 18.0. The zero-order chi connectivity index (χ0) is 21.1. The number of hydrogen-bond acceptors (Lipinski definition) is 4. The van der Waals surface area contributed by atoms with Gasteiger partial charge in [-0.15, -0.1) is 0 Å². The molecule has 6 heteroatoms. The number of Topliss-reactive ketones (excluding diaryl/α,β-unsaturated/α-hetero) is 1. The second-order valence-electron chi connectivity index (χ2n) is 8.96. The summed E-state index contributed by atoms with van der Waals surface area (Å²) < 4.78 is 0. The highest BCUT2D eigenvalue weighted by molar-refractivity contribution is 5.88. The van der Waals surface area contributed by atoms with Crippen molar-refractivity contribution in [3.63, 3.8) is 0 Å². The van der Waals surface area contributed by atoms with E-state index < -0.39 is 0 Å². The Balaban J connectivity index is 1.42. The minimum Gasteiger partial charge on any atom is -0.361 e. The number of carbonyl (C=O) groups is 2. The van der Waals surface area contributed by atoms with Crippen LogP contribution in [0.5, 0.6) is 0 Å². The number of aromatic nitrogens is 1. The SMILES string of the molecule is CCCN1C[C@H](CNC(=O)CCCC(=O)CN)C[C@@H]2c3cccc4[nH]cc(c34)C[C@H]21. The van der Waals surface area contributed by atoms with Gasteiger partial charge in [-0.3, -0.25) is 14.5 Å². The highest BCUT2D eigenvalue weighted by atomic mass is 16.1. The van der Waals surface area contributed by atoms with Gasteiger partial charge in [-0.05, 0) is 55.3 Å². The molecule has 2 aliphatic rings. The average Bonchev–Trinajstić information content (AvgIpc) is 3.17. The van der Waals surface area contributed by atoms with Gasteiger partial charge in [-0.1, -0.05) is 19.1 Å². The first kappa shape index (κ1) is 21.1. The fourth-order valence-electron chi connectivity index (χ4n) is 5.49. The standard InChI is InChI=1S/C24H34N4O2/c1-2-9-28-15-16(13-27-23(30)8-3-5-18(29)12-25)10-20-19-6-4-7-21-24(19)17(14-26-21)11-22(20)28/h4,6-7,14,16,20,22,26H,2-3,5,8-13,15,25H2,1H3,(H,27,30)/t16-,20+,22+/m0/s1. The number of benzene rings is 1. The summed E-state index contributed by atoms with van der Waals surface area (Å²) in [7, 11) is 0. The molecule has 1 saturated heterocycles. The highest BCUT2D eigenvalue weighted by Crippen LogP contribution is 2.44. The highest BCUT2D eigenvalue weighted by Gasteiger charge is 2.40. The van der Waals surface area contributed by atoms with Crippen molar-refractivity contribution in [1.82, 2.24) is 15.2 Å². The van der Waals surface area contributed by atoms with E-state index in [0.717, 1.165) is 32.4 Å². The van der Waals surface area contributed by atoms with Crippen molar-refractivity contribution in [3.05, 3.63) is 35.5 Å². The summed E-state index contributed by atoms with van der Waals surface area (Å²) in [6, 6.07) is 7.19. The minimum absolute atomic E-state index is 0.0203. The number of ketones is 1. The molecule has 162 valence electrons.